The molecule has 0 bridgehead atoms. The fourth-order valence-electron chi connectivity index (χ4n) is 4.34. The maximum Gasteiger partial charge on any atom is 0.165 e. The number of H-pyrrole nitrogens is 1. The van der Waals surface area contributed by atoms with Crippen LogP contribution in [0.5, 0.6) is 5.75 Å². The molecule has 2 heterocycles. The molecule has 0 unspecified atom stereocenters. The highest BCUT2D eigenvalue weighted by Gasteiger charge is 2.21. The highest BCUT2D eigenvalue weighted by Crippen LogP contribution is 2.36. The van der Waals surface area contributed by atoms with Gasteiger partial charge < -0.3 is 9.72 Å². The van der Waals surface area contributed by atoms with E-state index in [1.54, 1.807) is 18.2 Å². The second-order valence-corrected chi connectivity index (χ2v) is 7.40. The first-order chi connectivity index (χ1) is 13.6. The number of ether oxygens (including phenoxy) is 1. The molecule has 0 amide bonds. The van der Waals surface area contributed by atoms with Crippen LogP contribution >= 0.6 is 0 Å². The number of aryl methyl sites for hydroxylation is 2. The lowest BCUT2D eigenvalue weighted by molar-refractivity contribution is 0.386. The molecule has 4 aromatic rings. The van der Waals surface area contributed by atoms with E-state index in [1.807, 2.05) is 6.07 Å². The number of hydrogen-bond acceptors (Lipinski definition) is 2. The molecule has 1 aliphatic rings. The van der Waals surface area contributed by atoms with E-state index in [4.69, 9.17) is 9.72 Å². The van der Waals surface area contributed by atoms with E-state index in [0.717, 1.165) is 64.4 Å². The number of halogens is 2. The number of methoxy groups -OCH3 is 1. The fraction of sp³-hybridized carbons (Fsp3) is 0.261. The van der Waals surface area contributed by atoms with E-state index in [0.29, 0.717) is 6.42 Å². The summed E-state index contributed by atoms with van der Waals surface area (Å²) in [4.78, 5) is 8.38. The molecule has 2 aromatic carbocycles. The first kappa shape index (κ1) is 17.2. The lowest BCUT2D eigenvalue weighted by Gasteiger charge is -2.18. The molecule has 28 heavy (non-hydrogen) atoms. The molecule has 5 rings (SSSR count). The van der Waals surface area contributed by atoms with Crippen molar-refractivity contribution >= 4 is 21.8 Å². The van der Waals surface area contributed by atoms with Gasteiger partial charge in [-0.15, -0.1) is 0 Å². The summed E-state index contributed by atoms with van der Waals surface area (Å²) in [6, 6.07) is 9.83. The number of nitrogens with zero attached hydrogens (tertiary/aromatic N) is 1. The molecular formula is C23H20F2N2O. The number of fused-ring (bicyclic) bond motifs is 5. The Hall–Kier alpha value is -2.95. The highest BCUT2D eigenvalue weighted by atomic mass is 19.1. The van der Waals surface area contributed by atoms with E-state index in [-0.39, 0.29) is 17.4 Å². The Balaban J connectivity index is 1.72. The predicted octanol–water partition coefficient (Wildman–Crippen LogP) is 5.47. The molecule has 0 fully saturated rings. The first-order valence-corrected chi connectivity index (χ1v) is 9.58. The van der Waals surface area contributed by atoms with Crippen LogP contribution in [0.1, 0.15) is 35.4 Å². The molecule has 5 heteroatoms. The van der Waals surface area contributed by atoms with Gasteiger partial charge in [-0.05, 0) is 67.1 Å². The summed E-state index contributed by atoms with van der Waals surface area (Å²) in [6.07, 6.45) is 4.62. The lowest BCUT2D eigenvalue weighted by atomic mass is 9.91. The normalized spacial score (nSPS) is 13.8. The zero-order valence-corrected chi connectivity index (χ0v) is 15.6. The summed E-state index contributed by atoms with van der Waals surface area (Å²) in [7, 11) is 1.45. The fourth-order valence-corrected chi connectivity index (χ4v) is 4.34. The van der Waals surface area contributed by atoms with Crippen LogP contribution < -0.4 is 4.74 Å². The van der Waals surface area contributed by atoms with Crippen molar-refractivity contribution in [1.29, 1.82) is 0 Å². The molecule has 1 N–H and O–H groups in total. The molecule has 0 spiro atoms. The molecule has 142 valence electrons. The molecule has 2 aromatic heterocycles. The van der Waals surface area contributed by atoms with Gasteiger partial charge in [0.15, 0.2) is 11.6 Å². The molecule has 1 aliphatic carbocycles. The van der Waals surface area contributed by atoms with Gasteiger partial charge in [0.05, 0.1) is 18.3 Å². The largest absolute Gasteiger partial charge is 0.494 e. The predicted molar refractivity (Wildman–Crippen MR) is 106 cm³/mol. The molecule has 3 nitrogen and oxygen atoms in total. The van der Waals surface area contributed by atoms with Crippen LogP contribution in [0.4, 0.5) is 8.78 Å². The van der Waals surface area contributed by atoms with E-state index >= 15 is 0 Å². The van der Waals surface area contributed by atoms with Crippen molar-refractivity contribution in [1.82, 2.24) is 9.97 Å². The molecular weight excluding hydrogens is 358 g/mol. The van der Waals surface area contributed by atoms with Gasteiger partial charge in [-0.2, -0.15) is 0 Å². The van der Waals surface area contributed by atoms with Crippen LogP contribution in [-0.2, 0) is 19.3 Å². The van der Waals surface area contributed by atoms with Crippen LogP contribution in [0.25, 0.3) is 21.8 Å². The number of aromatic nitrogens is 2. The third kappa shape index (κ3) is 2.73. The van der Waals surface area contributed by atoms with Crippen molar-refractivity contribution in [3.8, 4) is 5.75 Å². The average Bonchev–Trinajstić information content (AvgIpc) is 3.07. The molecule has 0 saturated carbocycles. The van der Waals surface area contributed by atoms with Crippen LogP contribution in [0.3, 0.4) is 0 Å². The van der Waals surface area contributed by atoms with E-state index in [1.165, 1.54) is 24.8 Å². The first-order valence-electron chi connectivity index (χ1n) is 9.58. The van der Waals surface area contributed by atoms with Gasteiger partial charge in [-0.25, -0.2) is 8.78 Å². The number of aromatic amines is 1. The van der Waals surface area contributed by atoms with Crippen molar-refractivity contribution in [3.63, 3.8) is 0 Å². The minimum atomic E-state index is -0.382. The Morgan fingerprint density at radius 1 is 1.07 bits per heavy atom. The zero-order valence-electron chi connectivity index (χ0n) is 15.6. The summed E-state index contributed by atoms with van der Waals surface area (Å²) in [5.41, 5.74) is 5.84. The SMILES string of the molecule is COc1ccc(Cc2nc3c(c4c2[nH]c2ccc(F)cc24)CCCC3)cc1F. The summed E-state index contributed by atoms with van der Waals surface area (Å²) in [6.45, 7) is 0. The monoisotopic (exact) mass is 378 g/mol. The zero-order chi connectivity index (χ0) is 19.3. The summed E-state index contributed by atoms with van der Waals surface area (Å²) < 4.78 is 33.1. The number of rotatable bonds is 3. The van der Waals surface area contributed by atoms with E-state index < -0.39 is 0 Å². The van der Waals surface area contributed by atoms with Gasteiger partial charge in [0, 0.05) is 28.4 Å². The van der Waals surface area contributed by atoms with Crippen LogP contribution in [0, 0.1) is 11.6 Å². The van der Waals surface area contributed by atoms with Crippen LogP contribution in [0.15, 0.2) is 36.4 Å². The minimum Gasteiger partial charge on any atom is -0.494 e. The molecule has 0 aliphatic heterocycles. The Labute approximate surface area is 161 Å². The van der Waals surface area contributed by atoms with Crippen LogP contribution in [-0.4, -0.2) is 17.1 Å². The Bertz CT molecular complexity index is 1210. The van der Waals surface area contributed by atoms with Crippen LogP contribution in [0.2, 0.25) is 0 Å². The maximum absolute atomic E-state index is 14.2. The van der Waals surface area contributed by atoms with E-state index in [2.05, 4.69) is 4.98 Å². The van der Waals surface area contributed by atoms with Crippen molar-refractivity contribution in [3.05, 3.63) is 70.5 Å². The van der Waals surface area contributed by atoms with Gasteiger partial charge in [0.1, 0.15) is 5.82 Å². The quantitative estimate of drug-likeness (QED) is 0.513. The summed E-state index contributed by atoms with van der Waals surface area (Å²) in [5.74, 6) is -0.394. The van der Waals surface area contributed by atoms with Crippen molar-refractivity contribution in [2.24, 2.45) is 0 Å². The number of pyridine rings is 1. The van der Waals surface area contributed by atoms with Gasteiger partial charge in [0.25, 0.3) is 0 Å². The third-order valence-corrected chi connectivity index (χ3v) is 5.65. The average molecular weight is 378 g/mol. The smallest absolute Gasteiger partial charge is 0.165 e. The van der Waals surface area contributed by atoms with Crippen molar-refractivity contribution in [2.75, 3.05) is 7.11 Å². The molecule has 0 saturated heterocycles. The topological polar surface area (TPSA) is 37.9 Å². The van der Waals surface area contributed by atoms with E-state index in [9.17, 15) is 8.78 Å². The number of hydrogen-bond donors (Lipinski definition) is 1. The van der Waals surface area contributed by atoms with Gasteiger partial charge in [-0.3, -0.25) is 4.98 Å². The number of nitrogens with one attached hydrogen (secondary N) is 1. The maximum atomic E-state index is 14.2. The van der Waals surface area contributed by atoms with Crippen molar-refractivity contribution in [2.45, 2.75) is 32.1 Å². The minimum absolute atomic E-state index is 0.230. The Kier molecular flexibility index (Phi) is 4.04. The summed E-state index contributed by atoms with van der Waals surface area (Å²) >= 11 is 0. The third-order valence-electron chi connectivity index (χ3n) is 5.65. The van der Waals surface area contributed by atoms with Gasteiger partial charge in [-0.1, -0.05) is 6.07 Å². The van der Waals surface area contributed by atoms with Gasteiger partial charge in [0.2, 0.25) is 0 Å². The lowest BCUT2D eigenvalue weighted by Crippen LogP contribution is -2.09. The standard InChI is InChI=1S/C23H20F2N2O/c1-28-21-9-6-13(10-17(21)25)11-20-23-22(15-4-2-3-5-18(15)26-20)16-12-14(24)7-8-19(16)27-23/h6-10,12,27H,2-5,11H2,1H3. The van der Waals surface area contributed by atoms with Crippen molar-refractivity contribution < 1.29 is 13.5 Å². The Morgan fingerprint density at radius 2 is 1.93 bits per heavy atom. The second-order valence-electron chi connectivity index (χ2n) is 7.40. The van der Waals surface area contributed by atoms with Gasteiger partial charge >= 0.3 is 0 Å². The summed E-state index contributed by atoms with van der Waals surface area (Å²) in [5, 5.41) is 1.97. The second kappa shape index (κ2) is 6.59. The highest BCUT2D eigenvalue weighted by molar-refractivity contribution is 6.10. The molecule has 0 atom stereocenters. The Morgan fingerprint density at radius 3 is 2.75 bits per heavy atom. The number of benzene rings is 2. The molecule has 0 radical (unpaired) electrons.